The lowest BCUT2D eigenvalue weighted by atomic mass is 10.1. The Morgan fingerprint density at radius 1 is 1.29 bits per heavy atom. The van der Waals surface area contributed by atoms with Gasteiger partial charge in [0.05, 0.1) is 5.56 Å². The molecule has 1 fully saturated rings. The Morgan fingerprint density at radius 2 is 2.00 bits per heavy atom. The number of nitrogens with one attached hydrogen (secondary N) is 1. The van der Waals surface area contributed by atoms with E-state index in [1.165, 1.54) is 12.1 Å². The number of hydrogen-bond acceptors (Lipinski definition) is 2. The van der Waals surface area contributed by atoms with Crippen LogP contribution in [0, 0.1) is 5.92 Å². The van der Waals surface area contributed by atoms with Crippen molar-refractivity contribution in [2.75, 3.05) is 24.5 Å². The van der Waals surface area contributed by atoms with Crippen molar-refractivity contribution in [3.63, 3.8) is 0 Å². The van der Waals surface area contributed by atoms with Crippen molar-refractivity contribution >= 4 is 5.69 Å². The molecule has 1 aromatic rings. The summed E-state index contributed by atoms with van der Waals surface area (Å²) < 4.78 is 39.4. The molecule has 0 aromatic heterocycles. The summed E-state index contributed by atoms with van der Waals surface area (Å²) in [7, 11) is 0. The molecule has 1 aromatic carbocycles. The third kappa shape index (κ3) is 4.13. The van der Waals surface area contributed by atoms with E-state index in [0.717, 1.165) is 25.9 Å². The predicted octanol–water partition coefficient (Wildman–Crippen LogP) is 3.92. The molecule has 118 valence electrons. The SMILES string of the molecule is CC(C)CNCC1CCCN1c1ccccc1C(F)(F)F. The van der Waals surface area contributed by atoms with Gasteiger partial charge in [0.1, 0.15) is 0 Å². The number of rotatable bonds is 5. The van der Waals surface area contributed by atoms with Crippen molar-refractivity contribution in [2.45, 2.75) is 38.9 Å². The molecule has 2 rings (SSSR count). The van der Waals surface area contributed by atoms with Crippen LogP contribution in [0.5, 0.6) is 0 Å². The molecular weight excluding hydrogens is 277 g/mol. The lowest BCUT2D eigenvalue weighted by Gasteiger charge is -2.29. The fourth-order valence-electron chi connectivity index (χ4n) is 2.87. The zero-order valence-electron chi connectivity index (χ0n) is 12.6. The van der Waals surface area contributed by atoms with Crippen LogP contribution in [0.1, 0.15) is 32.3 Å². The third-order valence-corrected chi connectivity index (χ3v) is 3.83. The second-order valence-electron chi connectivity index (χ2n) is 6.06. The molecule has 5 heteroatoms. The lowest BCUT2D eigenvalue weighted by Crippen LogP contribution is -2.39. The first-order valence-corrected chi connectivity index (χ1v) is 7.53. The summed E-state index contributed by atoms with van der Waals surface area (Å²) in [4.78, 5) is 1.91. The van der Waals surface area contributed by atoms with Gasteiger partial charge in [0.2, 0.25) is 0 Å². The van der Waals surface area contributed by atoms with Crippen LogP contribution in [0.4, 0.5) is 18.9 Å². The molecule has 1 saturated heterocycles. The summed E-state index contributed by atoms with van der Waals surface area (Å²) in [5.41, 5.74) is -0.209. The number of nitrogens with zero attached hydrogens (tertiary/aromatic N) is 1. The molecule has 0 bridgehead atoms. The molecule has 1 atom stereocenters. The van der Waals surface area contributed by atoms with E-state index in [1.54, 1.807) is 12.1 Å². The maximum absolute atomic E-state index is 13.1. The number of benzene rings is 1. The Labute approximate surface area is 124 Å². The Balaban J connectivity index is 2.13. The molecule has 0 amide bonds. The number of alkyl halides is 3. The predicted molar refractivity (Wildman–Crippen MR) is 79.5 cm³/mol. The molecule has 1 unspecified atom stereocenters. The Morgan fingerprint density at radius 3 is 2.67 bits per heavy atom. The van der Waals surface area contributed by atoms with Gasteiger partial charge in [0, 0.05) is 24.8 Å². The molecule has 21 heavy (non-hydrogen) atoms. The first-order valence-electron chi connectivity index (χ1n) is 7.53. The van der Waals surface area contributed by atoms with E-state index < -0.39 is 11.7 Å². The number of para-hydroxylation sites is 1. The van der Waals surface area contributed by atoms with Crippen molar-refractivity contribution in [3.05, 3.63) is 29.8 Å². The normalized spacial score (nSPS) is 19.5. The largest absolute Gasteiger partial charge is 0.418 e. The highest BCUT2D eigenvalue weighted by molar-refractivity contribution is 5.56. The topological polar surface area (TPSA) is 15.3 Å². The van der Waals surface area contributed by atoms with Gasteiger partial charge in [-0.05, 0) is 37.4 Å². The van der Waals surface area contributed by atoms with Gasteiger partial charge in [-0.2, -0.15) is 13.2 Å². The van der Waals surface area contributed by atoms with Crippen LogP contribution < -0.4 is 10.2 Å². The number of hydrogen-bond donors (Lipinski definition) is 1. The van der Waals surface area contributed by atoms with E-state index in [4.69, 9.17) is 0 Å². The van der Waals surface area contributed by atoms with E-state index >= 15 is 0 Å². The Kier molecular flexibility index (Phi) is 5.14. The Hall–Kier alpha value is -1.23. The number of halogens is 3. The minimum Gasteiger partial charge on any atom is -0.367 e. The minimum atomic E-state index is -4.30. The van der Waals surface area contributed by atoms with Crippen molar-refractivity contribution in [1.29, 1.82) is 0 Å². The van der Waals surface area contributed by atoms with Crippen molar-refractivity contribution in [1.82, 2.24) is 5.32 Å². The smallest absolute Gasteiger partial charge is 0.367 e. The van der Waals surface area contributed by atoms with Crippen LogP contribution in [0.3, 0.4) is 0 Å². The quantitative estimate of drug-likeness (QED) is 0.886. The van der Waals surface area contributed by atoms with Crippen molar-refractivity contribution in [2.24, 2.45) is 5.92 Å². The van der Waals surface area contributed by atoms with E-state index in [1.807, 2.05) is 4.90 Å². The standard InChI is InChI=1S/C16H23F3N2/c1-12(2)10-20-11-13-6-5-9-21(13)15-8-4-3-7-14(15)16(17,18)19/h3-4,7-8,12-13,20H,5-6,9-11H2,1-2H3. The second-order valence-corrected chi connectivity index (χ2v) is 6.06. The number of anilines is 1. The van der Waals surface area contributed by atoms with Gasteiger partial charge in [-0.15, -0.1) is 0 Å². The molecule has 2 nitrogen and oxygen atoms in total. The third-order valence-electron chi connectivity index (χ3n) is 3.83. The van der Waals surface area contributed by atoms with Gasteiger partial charge < -0.3 is 10.2 Å². The molecule has 1 aliphatic heterocycles. The average molecular weight is 300 g/mol. The highest BCUT2D eigenvalue weighted by Crippen LogP contribution is 2.38. The summed E-state index contributed by atoms with van der Waals surface area (Å²) >= 11 is 0. The van der Waals surface area contributed by atoms with Gasteiger partial charge in [0.15, 0.2) is 0 Å². The van der Waals surface area contributed by atoms with Crippen LogP contribution in [0.15, 0.2) is 24.3 Å². The lowest BCUT2D eigenvalue weighted by molar-refractivity contribution is -0.137. The molecule has 0 spiro atoms. The Bertz CT molecular complexity index is 457. The first kappa shape index (κ1) is 16.1. The maximum atomic E-state index is 13.1. The van der Waals surface area contributed by atoms with Crippen LogP contribution in [-0.4, -0.2) is 25.7 Å². The minimum absolute atomic E-state index is 0.146. The van der Waals surface area contributed by atoms with Crippen molar-refractivity contribution < 1.29 is 13.2 Å². The van der Waals surface area contributed by atoms with Crippen LogP contribution in [-0.2, 0) is 6.18 Å². The van der Waals surface area contributed by atoms with Gasteiger partial charge in [-0.25, -0.2) is 0 Å². The highest BCUT2D eigenvalue weighted by Gasteiger charge is 2.36. The van der Waals surface area contributed by atoms with Gasteiger partial charge in [-0.1, -0.05) is 26.0 Å². The first-order chi connectivity index (χ1) is 9.89. The summed E-state index contributed by atoms with van der Waals surface area (Å²) in [6.07, 6.45) is -2.41. The zero-order valence-corrected chi connectivity index (χ0v) is 12.6. The van der Waals surface area contributed by atoms with Crippen LogP contribution >= 0.6 is 0 Å². The van der Waals surface area contributed by atoms with Crippen LogP contribution in [0.2, 0.25) is 0 Å². The second kappa shape index (κ2) is 6.69. The average Bonchev–Trinajstić information content (AvgIpc) is 2.85. The molecule has 1 N–H and O–H groups in total. The van der Waals surface area contributed by atoms with E-state index in [2.05, 4.69) is 19.2 Å². The van der Waals surface area contributed by atoms with Gasteiger partial charge >= 0.3 is 6.18 Å². The van der Waals surface area contributed by atoms with Crippen LogP contribution in [0.25, 0.3) is 0 Å². The summed E-state index contributed by atoms with van der Waals surface area (Å²) in [5.74, 6) is 0.544. The highest BCUT2D eigenvalue weighted by atomic mass is 19.4. The van der Waals surface area contributed by atoms with E-state index in [0.29, 0.717) is 18.2 Å². The molecule has 1 aliphatic rings. The fraction of sp³-hybridized carbons (Fsp3) is 0.625. The van der Waals surface area contributed by atoms with Gasteiger partial charge in [0.25, 0.3) is 0 Å². The van der Waals surface area contributed by atoms with Gasteiger partial charge in [-0.3, -0.25) is 0 Å². The maximum Gasteiger partial charge on any atom is 0.418 e. The molecule has 0 saturated carbocycles. The van der Waals surface area contributed by atoms with Crippen molar-refractivity contribution in [3.8, 4) is 0 Å². The summed E-state index contributed by atoms with van der Waals surface area (Å²) in [6.45, 7) is 6.58. The zero-order chi connectivity index (χ0) is 15.5. The molecule has 1 heterocycles. The summed E-state index contributed by atoms with van der Waals surface area (Å²) in [6, 6.07) is 6.04. The van der Waals surface area contributed by atoms with E-state index in [-0.39, 0.29) is 6.04 Å². The summed E-state index contributed by atoms with van der Waals surface area (Å²) in [5, 5.41) is 3.36. The fourth-order valence-corrected chi connectivity index (χ4v) is 2.87. The molecular formula is C16H23F3N2. The molecule has 0 aliphatic carbocycles. The monoisotopic (exact) mass is 300 g/mol. The van der Waals surface area contributed by atoms with E-state index in [9.17, 15) is 13.2 Å². The molecule has 0 radical (unpaired) electrons.